The molecule has 7 nitrogen and oxygen atoms in total. The van der Waals surface area contributed by atoms with Gasteiger partial charge in [0.1, 0.15) is 9.88 Å². The number of rotatable bonds is 5. The predicted molar refractivity (Wildman–Crippen MR) is 84.5 cm³/mol. The molecule has 0 atom stereocenters. The summed E-state index contributed by atoms with van der Waals surface area (Å²) in [5, 5.41) is 3.27. The van der Waals surface area contributed by atoms with Gasteiger partial charge in [-0.15, -0.1) is 11.3 Å². The van der Waals surface area contributed by atoms with Gasteiger partial charge in [0.2, 0.25) is 0 Å². The van der Waals surface area contributed by atoms with Gasteiger partial charge in [-0.25, -0.2) is 15.4 Å². The van der Waals surface area contributed by atoms with Crippen molar-refractivity contribution in [3.63, 3.8) is 0 Å². The number of thiophene rings is 1. The number of ether oxygens (including phenoxy) is 2. The number of esters is 2. The van der Waals surface area contributed by atoms with Crippen molar-refractivity contribution in [3.8, 4) is 0 Å². The minimum absolute atomic E-state index is 0.122. The molecule has 1 aromatic rings. The quantitative estimate of drug-likeness (QED) is 0.323. The minimum Gasteiger partial charge on any atom is -0.462 e. The first-order valence-electron chi connectivity index (χ1n) is 6.21. The van der Waals surface area contributed by atoms with Crippen molar-refractivity contribution in [3.05, 3.63) is 16.0 Å². The van der Waals surface area contributed by atoms with Crippen LogP contribution in [-0.4, -0.2) is 30.3 Å². The van der Waals surface area contributed by atoms with Crippen LogP contribution in [0.2, 0.25) is 0 Å². The van der Waals surface area contributed by atoms with E-state index in [4.69, 9.17) is 27.5 Å². The summed E-state index contributed by atoms with van der Waals surface area (Å²) in [6, 6.07) is 0. The van der Waals surface area contributed by atoms with Crippen LogP contribution in [-0.2, 0) is 9.47 Å². The molecule has 0 saturated heterocycles. The average Bonchev–Trinajstić information content (AvgIpc) is 2.76. The minimum atomic E-state index is -0.538. The van der Waals surface area contributed by atoms with Crippen LogP contribution in [0.25, 0.3) is 0 Å². The number of hydrogen-bond donors (Lipinski definition) is 3. The second kappa shape index (κ2) is 7.91. The van der Waals surface area contributed by atoms with Crippen LogP contribution in [0.1, 0.15) is 39.4 Å². The van der Waals surface area contributed by atoms with Gasteiger partial charge < -0.3 is 20.2 Å². The first-order chi connectivity index (χ1) is 9.96. The molecule has 0 radical (unpaired) electrons. The largest absolute Gasteiger partial charge is 0.462 e. The topological polar surface area (TPSA) is 103 Å². The maximum atomic E-state index is 12.0. The molecular formula is C12H17N3O4S2. The Kier molecular flexibility index (Phi) is 6.53. The summed E-state index contributed by atoms with van der Waals surface area (Å²) >= 11 is 5.97. The summed E-state index contributed by atoms with van der Waals surface area (Å²) in [6.45, 7) is 5.53. The highest BCUT2D eigenvalue weighted by molar-refractivity contribution is 7.80. The van der Waals surface area contributed by atoms with E-state index in [0.717, 1.165) is 11.3 Å². The SMILES string of the molecule is CCOC(=O)c1sc(NC(=S)NN)c(C(=O)OCC)c1C. The molecule has 0 aliphatic carbocycles. The average molecular weight is 331 g/mol. The number of nitrogens with two attached hydrogens (primary N) is 1. The molecule has 4 N–H and O–H groups in total. The molecule has 1 heterocycles. The molecule has 0 saturated carbocycles. The lowest BCUT2D eigenvalue weighted by atomic mass is 10.1. The van der Waals surface area contributed by atoms with Crippen LogP contribution >= 0.6 is 23.6 Å². The number of carbonyl (C=O) groups is 2. The molecule has 0 fully saturated rings. The molecule has 0 aromatic carbocycles. The standard InChI is InChI=1S/C12H17N3O4S2/c1-4-18-10(16)7-6(3)8(11(17)19-5-2)21-9(7)14-12(20)15-13/h4-5,13H2,1-3H3,(H2,14,15,20). The second-order valence-corrected chi connectivity index (χ2v) is 5.23. The van der Waals surface area contributed by atoms with Gasteiger partial charge in [0.15, 0.2) is 5.11 Å². The van der Waals surface area contributed by atoms with E-state index in [1.165, 1.54) is 0 Å². The second-order valence-electron chi connectivity index (χ2n) is 3.80. The van der Waals surface area contributed by atoms with Crippen LogP contribution in [0.3, 0.4) is 0 Å². The van der Waals surface area contributed by atoms with E-state index in [1.54, 1.807) is 20.8 Å². The van der Waals surface area contributed by atoms with Crippen molar-refractivity contribution < 1.29 is 19.1 Å². The third-order valence-corrected chi connectivity index (χ3v) is 3.85. The van der Waals surface area contributed by atoms with E-state index in [1.807, 2.05) is 0 Å². The zero-order valence-corrected chi connectivity index (χ0v) is 13.6. The summed E-state index contributed by atoms with van der Waals surface area (Å²) in [6.07, 6.45) is 0. The zero-order chi connectivity index (χ0) is 16.0. The summed E-state index contributed by atoms with van der Waals surface area (Å²) in [7, 11) is 0. The summed E-state index contributed by atoms with van der Waals surface area (Å²) < 4.78 is 9.96. The molecule has 0 aliphatic rings. The Morgan fingerprint density at radius 1 is 1.24 bits per heavy atom. The van der Waals surface area contributed by atoms with Gasteiger partial charge >= 0.3 is 11.9 Å². The Morgan fingerprint density at radius 3 is 2.33 bits per heavy atom. The fraction of sp³-hybridized carbons (Fsp3) is 0.417. The summed E-state index contributed by atoms with van der Waals surface area (Å²) in [4.78, 5) is 24.3. The van der Waals surface area contributed by atoms with Gasteiger partial charge in [-0.05, 0) is 38.6 Å². The van der Waals surface area contributed by atoms with Gasteiger partial charge in [-0.2, -0.15) is 0 Å². The number of carbonyl (C=O) groups excluding carboxylic acids is 2. The lowest BCUT2D eigenvalue weighted by Crippen LogP contribution is -2.34. The fourth-order valence-electron chi connectivity index (χ4n) is 1.58. The summed E-state index contributed by atoms with van der Waals surface area (Å²) in [5.41, 5.74) is 2.99. The van der Waals surface area contributed by atoms with Gasteiger partial charge in [0, 0.05) is 0 Å². The highest BCUT2D eigenvalue weighted by atomic mass is 32.1. The highest BCUT2D eigenvalue weighted by Crippen LogP contribution is 2.34. The molecule has 1 aromatic heterocycles. The monoisotopic (exact) mass is 331 g/mol. The number of anilines is 1. The van der Waals surface area contributed by atoms with Gasteiger partial charge in [-0.1, -0.05) is 0 Å². The molecular weight excluding hydrogens is 314 g/mol. The Balaban J connectivity index is 3.26. The third kappa shape index (κ3) is 4.13. The van der Waals surface area contributed by atoms with Gasteiger partial charge in [0.05, 0.1) is 18.8 Å². The molecule has 116 valence electrons. The molecule has 0 amide bonds. The number of nitrogens with one attached hydrogen (secondary N) is 2. The zero-order valence-electron chi connectivity index (χ0n) is 11.9. The first kappa shape index (κ1) is 17.3. The molecule has 0 spiro atoms. The molecule has 1 rings (SSSR count). The van der Waals surface area contributed by atoms with Crippen molar-refractivity contribution in [2.75, 3.05) is 18.5 Å². The van der Waals surface area contributed by atoms with E-state index in [0.29, 0.717) is 15.4 Å². The molecule has 21 heavy (non-hydrogen) atoms. The van der Waals surface area contributed by atoms with E-state index in [2.05, 4.69) is 10.7 Å². The lowest BCUT2D eigenvalue weighted by molar-refractivity contribution is 0.0527. The molecule has 0 bridgehead atoms. The Hall–Kier alpha value is -1.71. The van der Waals surface area contributed by atoms with E-state index >= 15 is 0 Å². The van der Waals surface area contributed by atoms with E-state index < -0.39 is 11.9 Å². The van der Waals surface area contributed by atoms with Crippen LogP contribution < -0.4 is 16.6 Å². The summed E-state index contributed by atoms with van der Waals surface area (Å²) in [5.74, 6) is 4.17. The first-order valence-corrected chi connectivity index (χ1v) is 7.43. The molecule has 9 heteroatoms. The van der Waals surface area contributed by atoms with Crippen molar-refractivity contribution in [1.82, 2.24) is 5.43 Å². The third-order valence-electron chi connectivity index (χ3n) is 2.45. The Bertz CT molecular complexity index is 557. The normalized spacial score (nSPS) is 9.90. The lowest BCUT2D eigenvalue weighted by Gasteiger charge is -2.07. The molecule has 0 unspecified atom stereocenters. The highest BCUT2D eigenvalue weighted by Gasteiger charge is 2.26. The van der Waals surface area contributed by atoms with Crippen molar-refractivity contribution >= 4 is 45.6 Å². The maximum Gasteiger partial charge on any atom is 0.348 e. The van der Waals surface area contributed by atoms with Gasteiger partial charge in [-0.3, -0.25) is 0 Å². The van der Waals surface area contributed by atoms with Crippen LogP contribution in [0, 0.1) is 6.92 Å². The van der Waals surface area contributed by atoms with Crippen LogP contribution in [0.5, 0.6) is 0 Å². The van der Waals surface area contributed by atoms with Crippen molar-refractivity contribution in [2.24, 2.45) is 5.84 Å². The van der Waals surface area contributed by atoms with Crippen LogP contribution in [0.15, 0.2) is 0 Å². The van der Waals surface area contributed by atoms with Gasteiger partial charge in [0.25, 0.3) is 0 Å². The predicted octanol–water partition coefficient (Wildman–Crippen LogP) is 1.57. The number of hydrazine groups is 1. The number of thiocarbonyl (C=S) groups is 1. The fourth-order valence-corrected chi connectivity index (χ4v) is 2.84. The van der Waals surface area contributed by atoms with E-state index in [9.17, 15) is 9.59 Å². The Morgan fingerprint density at radius 2 is 1.81 bits per heavy atom. The number of hydrogen-bond acceptors (Lipinski definition) is 7. The van der Waals surface area contributed by atoms with Crippen molar-refractivity contribution in [2.45, 2.75) is 20.8 Å². The van der Waals surface area contributed by atoms with E-state index in [-0.39, 0.29) is 23.9 Å². The van der Waals surface area contributed by atoms with Crippen molar-refractivity contribution in [1.29, 1.82) is 0 Å². The Labute approximate surface area is 131 Å². The maximum absolute atomic E-state index is 12.0. The molecule has 0 aliphatic heterocycles. The van der Waals surface area contributed by atoms with Crippen LogP contribution in [0.4, 0.5) is 5.00 Å². The smallest absolute Gasteiger partial charge is 0.348 e.